The summed E-state index contributed by atoms with van der Waals surface area (Å²) < 4.78 is 5.49. The SMILES string of the molecule is CC(C)c1nnc(N2C(=O)C(O)=C(C(=O)c3cccs3)[C@H]2c2ccco2)s1. The van der Waals surface area contributed by atoms with Crippen LogP contribution in [-0.4, -0.2) is 27.0 Å². The van der Waals surface area contributed by atoms with Crippen LogP contribution in [-0.2, 0) is 4.79 Å². The van der Waals surface area contributed by atoms with Gasteiger partial charge in [-0.05, 0) is 23.6 Å². The number of carbonyl (C=O) groups excluding carboxylic acids is 2. The standard InChI is InChI=1S/C18H15N3O4S2/c1-9(2)16-19-20-18(27-16)21-13(10-5-3-7-25-10)12(15(23)17(21)24)14(22)11-6-4-8-26-11/h3-9,13,23H,1-2H3/t13-/m1/s1. The van der Waals surface area contributed by atoms with Gasteiger partial charge < -0.3 is 9.52 Å². The summed E-state index contributed by atoms with van der Waals surface area (Å²) in [5.74, 6) is -1.18. The molecule has 7 nitrogen and oxygen atoms in total. The number of amides is 1. The maximum atomic E-state index is 13.0. The van der Waals surface area contributed by atoms with Crippen molar-refractivity contribution in [2.75, 3.05) is 4.90 Å². The molecule has 1 amide bonds. The molecule has 0 fully saturated rings. The van der Waals surface area contributed by atoms with Crippen molar-refractivity contribution in [2.45, 2.75) is 25.8 Å². The highest BCUT2D eigenvalue weighted by Gasteiger charge is 2.47. The second-order valence-corrected chi connectivity index (χ2v) is 8.17. The lowest BCUT2D eigenvalue weighted by Crippen LogP contribution is -2.30. The van der Waals surface area contributed by atoms with Crippen LogP contribution in [0.1, 0.15) is 46.2 Å². The molecule has 138 valence electrons. The monoisotopic (exact) mass is 401 g/mol. The number of thiophene rings is 1. The van der Waals surface area contributed by atoms with E-state index in [1.54, 1.807) is 29.6 Å². The van der Waals surface area contributed by atoms with Gasteiger partial charge in [0.25, 0.3) is 5.91 Å². The molecule has 0 unspecified atom stereocenters. The molecule has 27 heavy (non-hydrogen) atoms. The Balaban J connectivity index is 1.83. The Morgan fingerprint density at radius 2 is 2.11 bits per heavy atom. The highest BCUT2D eigenvalue weighted by atomic mass is 32.1. The van der Waals surface area contributed by atoms with Crippen LogP contribution in [0.2, 0.25) is 0 Å². The molecule has 0 saturated carbocycles. The maximum Gasteiger partial charge on any atom is 0.296 e. The zero-order valence-electron chi connectivity index (χ0n) is 14.4. The maximum absolute atomic E-state index is 13.0. The van der Waals surface area contributed by atoms with Gasteiger partial charge in [-0.3, -0.25) is 14.5 Å². The first-order valence-corrected chi connectivity index (χ1v) is 9.90. The van der Waals surface area contributed by atoms with Gasteiger partial charge in [0.2, 0.25) is 10.9 Å². The summed E-state index contributed by atoms with van der Waals surface area (Å²) in [7, 11) is 0. The number of aliphatic hydroxyl groups excluding tert-OH is 1. The zero-order chi connectivity index (χ0) is 19.1. The number of carbonyl (C=O) groups is 2. The summed E-state index contributed by atoms with van der Waals surface area (Å²) in [5.41, 5.74) is -0.0151. The third-order valence-electron chi connectivity index (χ3n) is 4.14. The van der Waals surface area contributed by atoms with Crippen molar-refractivity contribution >= 4 is 39.5 Å². The molecular formula is C18H15N3O4S2. The van der Waals surface area contributed by atoms with E-state index in [9.17, 15) is 14.7 Å². The molecule has 4 rings (SSSR count). The third kappa shape index (κ3) is 2.88. The summed E-state index contributed by atoms with van der Waals surface area (Å²) in [6.07, 6.45) is 1.46. The van der Waals surface area contributed by atoms with E-state index in [0.29, 0.717) is 15.8 Å². The van der Waals surface area contributed by atoms with Gasteiger partial charge in [-0.2, -0.15) is 0 Å². The first-order valence-electron chi connectivity index (χ1n) is 8.20. The molecule has 4 heterocycles. The van der Waals surface area contributed by atoms with E-state index in [-0.39, 0.29) is 11.5 Å². The molecule has 1 aliphatic heterocycles. The molecule has 0 radical (unpaired) electrons. The third-order valence-corrected chi connectivity index (χ3v) is 6.23. The topological polar surface area (TPSA) is 96.5 Å². The van der Waals surface area contributed by atoms with Crippen molar-refractivity contribution in [3.63, 3.8) is 0 Å². The van der Waals surface area contributed by atoms with Crippen LogP contribution in [0.4, 0.5) is 5.13 Å². The van der Waals surface area contributed by atoms with Crippen LogP contribution in [0, 0.1) is 0 Å². The average molecular weight is 401 g/mol. The van der Waals surface area contributed by atoms with Crippen molar-refractivity contribution in [3.8, 4) is 0 Å². The predicted octanol–water partition coefficient (Wildman–Crippen LogP) is 4.10. The van der Waals surface area contributed by atoms with E-state index in [2.05, 4.69) is 10.2 Å². The predicted molar refractivity (Wildman–Crippen MR) is 101 cm³/mol. The van der Waals surface area contributed by atoms with E-state index < -0.39 is 23.5 Å². The summed E-state index contributed by atoms with van der Waals surface area (Å²) in [5, 5.41) is 21.6. The molecule has 0 bridgehead atoms. The largest absolute Gasteiger partial charge is 0.503 e. The van der Waals surface area contributed by atoms with E-state index in [4.69, 9.17) is 4.42 Å². The van der Waals surface area contributed by atoms with Crippen LogP contribution < -0.4 is 4.90 Å². The van der Waals surface area contributed by atoms with E-state index in [1.807, 2.05) is 13.8 Å². The number of rotatable bonds is 5. The fourth-order valence-electron chi connectivity index (χ4n) is 2.85. The summed E-state index contributed by atoms with van der Waals surface area (Å²) in [6, 6.07) is 5.83. The number of aromatic nitrogens is 2. The molecule has 1 aliphatic rings. The summed E-state index contributed by atoms with van der Waals surface area (Å²) >= 11 is 2.50. The van der Waals surface area contributed by atoms with Crippen molar-refractivity contribution in [3.05, 3.63) is 62.9 Å². The fraction of sp³-hybridized carbons (Fsp3) is 0.222. The van der Waals surface area contributed by atoms with Crippen molar-refractivity contribution in [1.82, 2.24) is 10.2 Å². The molecule has 1 atom stereocenters. The number of aliphatic hydroxyl groups is 1. The van der Waals surface area contributed by atoms with Crippen LogP contribution >= 0.6 is 22.7 Å². The number of hydrogen-bond donors (Lipinski definition) is 1. The van der Waals surface area contributed by atoms with Crippen LogP contribution in [0.15, 0.2) is 51.7 Å². The Hall–Kier alpha value is -2.78. The number of nitrogens with zero attached hydrogens (tertiary/aromatic N) is 3. The lowest BCUT2D eigenvalue weighted by Gasteiger charge is -2.21. The van der Waals surface area contributed by atoms with Crippen LogP contribution in [0.25, 0.3) is 0 Å². The molecule has 3 aromatic rings. The van der Waals surface area contributed by atoms with Crippen molar-refractivity contribution < 1.29 is 19.1 Å². The second-order valence-electron chi connectivity index (χ2n) is 6.24. The molecule has 0 aromatic carbocycles. The molecule has 0 spiro atoms. The molecule has 1 N–H and O–H groups in total. The van der Waals surface area contributed by atoms with Gasteiger partial charge in [-0.1, -0.05) is 31.3 Å². The minimum atomic E-state index is -0.893. The highest BCUT2D eigenvalue weighted by Crippen LogP contribution is 2.43. The molecular weight excluding hydrogens is 386 g/mol. The van der Waals surface area contributed by atoms with Gasteiger partial charge in [-0.15, -0.1) is 21.5 Å². The molecule has 0 saturated heterocycles. The van der Waals surface area contributed by atoms with Gasteiger partial charge in [0.1, 0.15) is 16.8 Å². The molecule has 0 aliphatic carbocycles. The number of furan rings is 1. The van der Waals surface area contributed by atoms with Gasteiger partial charge in [-0.25, -0.2) is 0 Å². The van der Waals surface area contributed by atoms with Gasteiger partial charge in [0, 0.05) is 5.92 Å². The smallest absolute Gasteiger partial charge is 0.296 e. The Bertz CT molecular complexity index is 1020. The average Bonchev–Trinajstić information content (AvgIpc) is 3.43. The van der Waals surface area contributed by atoms with Crippen molar-refractivity contribution in [2.24, 2.45) is 0 Å². The van der Waals surface area contributed by atoms with Gasteiger partial charge in [0.05, 0.1) is 16.7 Å². The molecule has 3 aromatic heterocycles. The second kappa shape index (κ2) is 6.75. The van der Waals surface area contributed by atoms with E-state index in [0.717, 1.165) is 5.01 Å². The number of Topliss-reactive ketones (excluding diaryl/α,β-unsaturated/α-hetero) is 1. The first kappa shape index (κ1) is 17.6. The number of anilines is 1. The summed E-state index contributed by atoms with van der Waals surface area (Å²) in [6.45, 7) is 3.95. The van der Waals surface area contributed by atoms with Gasteiger partial charge >= 0.3 is 0 Å². The number of hydrogen-bond acceptors (Lipinski definition) is 8. The Morgan fingerprint density at radius 3 is 2.70 bits per heavy atom. The Labute approximate surface area is 162 Å². The van der Waals surface area contributed by atoms with Gasteiger partial charge in [0.15, 0.2) is 5.76 Å². The Morgan fingerprint density at radius 1 is 1.30 bits per heavy atom. The first-order chi connectivity index (χ1) is 13.0. The normalized spacial score (nSPS) is 17.4. The van der Waals surface area contributed by atoms with Crippen LogP contribution in [0.5, 0.6) is 0 Å². The zero-order valence-corrected chi connectivity index (χ0v) is 16.1. The fourth-order valence-corrected chi connectivity index (χ4v) is 4.40. The van der Waals surface area contributed by atoms with Crippen molar-refractivity contribution in [1.29, 1.82) is 0 Å². The quantitative estimate of drug-likeness (QED) is 0.647. The lowest BCUT2D eigenvalue weighted by molar-refractivity contribution is -0.117. The minimum absolute atomic E-state index is 0.0151. The van der Waals surface area contributed by atoms with E-state index in [1.165, 1.54) is 33.8 Å². The lowest BCUT2D eigenvalue weighted by atomic mass is 10.0. The van der Waals surface area contributed by atoms with Crippen LogP contribution in [0.3, 0.4) is 0 Å². The minimum Gasteiger partial charge on any atom is -0.503 e. The summed E-state index contributed by atoms with van der Waals surface area (Å²) in [4.78, 5) is 27.6. The molecule has 9 heteroatoms. The Kier molecular flexibility index (Phi) is 4.40. The highest BCUT2D eigenvalue weighted by molar-refractivity contribution is 7.15. The number of ketones is 1. The van der Waals surface area contributed by atoms with E-state index >= 15 is 0 Å².